The number of aliphatic hydroxyl groups is 1. The molecule has 0 saturated carbocycles. The van der Waals surface area contributed by atoms with Gasteiger partial charge in [0.2, 0.25) is 0 Å². The smallest absolute Gasteiger partial charge is 0.265 e. The fourth-order valence-electron chi connectivity index (χ4n) is 1.43. The molecular weight excluding hydrogens is 180 g/mol. The molecule has 0 radical (unpaired) electrons. The van der Waals surface area contributed by atoms with E-state index in [4.69, 9.17) is 5.73 Å². The fourth-order valence-corrected chi connectivity index (χ4v) is 1.43. The maximum Gasteiger partial charge on any atom is 0.265 e. The van der Waals surface area contributed by atoms with Gasteiger partial charge in [-0.25, -0.2) is 0 Å². The number of hydrogen-bond donors (Lipinski definition) is 2. The standard InChI is InChI=1S/C10H16N2O2/c1-3-8(13)6-12-5-4-7(2)9(12)10(11)14/h4-5,8,13H,3,6H2,1-2H3,(H2,11,14). The summed E-state index contributed by atoms with van der Waals surface area (Å²) in [5.74, 6) is -0.448. The maximum atomic E-state index is 11.1. The van der Waals surface area contributed by atoms with E-state index in [2.05, 4.69) is 0 Å². The first-order valence-corrected chi connectivity index (χ1v) is 4.69. The number of aryl methyl sites for hydroxylation is 1. The first-order chi connectivity index (χ1) is 6.56. The van der Waals surface area contributed by atoms with Gasteiger partial charge < -0.3 is 15.4 Å². The van der Waals surface area contributed by atoms with Crippen LogP contribution in [0.25, 0.3) is 0 Å². The highest BCUT2D eigenvalue weighted by Crippen LogP contribution is 2.10. The first kappa shape index (κ1) is 10.8. The van der Waals surface area contributed by atoms with E-state index < -0.39 is 12.0 Å². The second kappa shape index (κ2) is 4.28. The van der Waals surface area contributed by atoms with E-state index >= 15 is 0 Å². The molecule has 0 aliphatic rings. The van der Waals surface area contributed by atoms with Crippen molar-refractivity contribution < 1.29 is 9.90 Å². The summed E-state index contributed by atoms with van der Waals surface area (Å²) >= 11 is 0. The van der Waals surface area contributed by atoms with Gasteiger partial charge in [-0.2, -0.15) is 0 Å². The van der Waals surface area contributed by atoms with Crippen molar-refractivity contribution >= 4 is 5.91 Å². The molecule has 1 amide bonds. The lowest BCUT2D eigenvalue weighted by Crippen LogP contribution is -2.22. The third kappa shape index (κ3) is 2.14. The molecule has 0 saturated heterocycles. The lowest BCUT2D eigenvalue weighted by atomic mass is 10.2. The number of aliphatic hydroxyl groups excluding tert-OH is 1. The number of amides is 1. The zero-order chi connectivity index (χ0) is 10.7. The summed E-state index contributed by atoms with van der Waals surface area (Å²) < 4.78 is 1.70. The molecule has 0 aliphatic carbocycles. The van der Waals surface area contributed by atoms with Crippen molar-refractivity contribution in [3.05, 3.63) is 23.5 Å². The molecule has 1 atom stereocenters. The SMILES string of the molecule is CCC(O)Cn1ccc(C)c1C(N)=O. The van der Waals surface area contributed by atoms with Crippen LogP contribution in [0.2, 0.25) is 0 Å². The number of aromatic nitrogens is 1. The van der Waals surface area contributed by atoms with Gasteiger partial charge in [0, 0.05) is 12.7 Å². The van der Waals surface area contributed by atoms with Crippen molar-refractivity contribution in [3.63, 3.8) is 0 Å². The Bertz CT molecular complexity index is 331. The van der Waals surface area contributed by atoms with Gasteiger partial charge in [0.15, 0.2) is 0 Å². The zero-order valence-corrected chi connectivity index (χ0v) is 8.53. The Labute approximate surface area is 83.3 Å². The molecule has 0 aromatic carbocycles. The van der Waals surface area contributed by atoms with Crippen LogP contribution in [0.1, 0.15) is 29.4 Å². The van der Waals surface area contributed by atoms with Crippen LogP contribution in [0, 0.1) is 6.92 Å². The predicted octanol–water partition coefficient (Wildman–Crippen LogP) is 0.666. The highest BCUT2D eigenvalue weighted by atomic mass is 16.3. The van der Waals surface area contributed by atoms with E-state index in [1.165, 1.54) is 0 Å². The second-order valence-electron chi connectivity index (χ2n) is 3.43. The van der Waals surface area contributed by atoms with Crippen LogP contribution in [0.5, 0.6) is 0 Å². The van der Waals surface area contributed by atoms with E-state index in [1.54, 1.807) is 10.8 Å². The first-order valence-electron chi connectivity index (χ1n) is 4.69. The minimum Gasteiger partial charge on any atom is -0.391 e. The molecule has 1 aromatic rings. The fraction of sp³-hybridized carbons (Fsp3) is 0.500. The molecule has 1 heterocycles. The molecule has 1 unspecified atom stereocenters. The summed E-state index contributed by atoms with van der Waals surface area (Å²) in [4.78, 5) is 11.1. The molecule has 0 spiro atoms. The molecule has 3 N–H and O–H groups in total. The molecule has 0 fully saturated rings. The third-order valence-electron chi connectivity index (χ3n) is 2.28. The number of nitrogens with two attached hydrogens (primary N) is 1. The quantitative estimate of drug-likeness (QED) is 0.743. The normalized spacial score (nSPS) is 12.8. The van der Waals surface area contributed by atoms with Gasteiger partial charge in [-0.1, -0.05) is 6.92 Å². The average molecular weight is 196 g/mol. The minimum atomic E-state index is -0.448. The molecule has 4 heteroatoms. The average Bonchev–Trinajstić information content (AvgIpc) is 2.46. The Morgan fingerprint density at radius 1 is 1.71 bits per heavy atom. The number of carbonyl (C=O) groups is 1. The monoisotopic (exact) mass is 196 g/mol. The Morgan fingerprint density at radius 2 is 2.36 bits per heavy atom. The molecule has 78 valence electrons. The summed E-state index contributed by atoms with van der Waals surface area (Å²) in [6.07, 6.45) is 2.00. The van der Waals surface area contributed by atoms with Gasteiger partial charge in [0.1, 0.15) is 5.69 Å². The summed E-state index contributed by atoms with van der Waals surface area (Å²) in [6.45, 7) is 4.14. The lowest BCUT2D eigenvalue weighted by molar-refractivity contribution is 0.0983. The van der Waals surface area contributed by atoms with Crippen LogP contribution in [0.15, 0.2) is 12.3 Å². The predicted molar refractivity (Wildman–Crippen MR) is 54.0 cm³/mol. The zero-order valence-electron chi connectivity index (χ0n) is 8.53. The van der Waals surface area contributed by atoms with E-state index in [0.717, 1.165) is 5.56 Å². The highest BCUT2D eigenvalue weighted by Gasteiger charge is 2.13. The van der Waals surface area contributed by atoms with Crippen LogP contribution in [-0.4, -0.2) is 21.7 Å². The number of rotatable bonds is 4. The highest BCUT2D eigenvalue weighted by molar-refractivity contribution is 5.92. The molecule has 4 nitrogen and oxygen atoms in total. The van der Waals surface area contributed by atoms with E-state index in [1.807, 2.05) is 19.9 Å². The van der Waals surface area contributed by atoms with E-state index in [0.29, 0.717) is 18.7 Å². The Hall–Kier alpha value is -1.29. The van der Waals surface area contributed by atoms with Crippen molar-refractivity contribution in [3.8, 4) is 0 Å². The van der Waals surface area contributed by atoms with Crippen molar-refractivity contribution in [2.45, 2.75) is 32.9 Å². The van der Waals surface area contributed by atoms with Gasteiger partial charge in [-0.3, -0.25) is 4.79 Å². The molecule has 1 aromatic heterocycles. The van der Waals surface area contributed by atoms with Crippen LogP contribution < -0.4 is 5.73 Å². The van der Waals surface area contributed by atoms with Gasteiger partial charge >= 0.3 is 0 Å². The number of nitrogens with zero attached hydrogens (tertiary/aromatic N) is 1. The van der Waals surface area contributed by atoms with Gasteiger partial charge in [0.25, 0.3) is 5.91 Å². The molecular formula is C10H16N2O2. The Balaban J connectivity index is 2.92. The Morgan fingerprint density at radius 3 is 2.86 bits per heavy atom. The minimum absolute atomic E-state index is 0.419. The van der Waals surface area contributed by atoms with Crippen LogP contribution in [0.3, 0.4) is 0 Å². The van der Waals surface area contributed by atoms with Crippen LogP contribution in [0.4, 0.5) is 0 Å². The second-order valence-corrected chi connectivity index (χ2v) is 3.43. The van der Waals surface area contributed by atoms with Gasteiger partial charge in [-0.15, -0.1) is 0 Å². The van der Waals surface area contributed by atoms with Gasteiger partial charge in [0.05, 0.1) is 6.10 Å². The largest absolute Gasteiger partial charge is 0.391 e. The summed E-state index contributed by atoms with van der Waals surface area (Å²) in [5, 5.41) is 9.45. The molecule has 0 bridgehead atoms. The topological polar surface area (TPSA) is 68.2 Å². The van der Waals surface area contributed by atoms with Crippen molar-refractivity contribution in [2.24, 2.45) is 5.73 Å². The lowest BCUT2D eigenvalue weighted by Gasteiger charge is -2.11. The van der Waals surface area contributed by atoms with Gasteiger partial charge in [-0.05, 0) is 25.0 Å². The van der Waals surface area contributed by atoms with Crippen molar-refractivity contribution in [1.82, 2.24) is 4.57 Å². The van der Waals surface area contributed by atoms with Crippen molar-refractivity contribution in [2.75, 3.05) is 0 Å². The van der Waals surface area contributed by atoms with E-state index in [-0.39, 0.29) is 0 Å². The number of hydrogen-bond acceptors (Lipinski definition) is 2. The maximum absolute atomic E-state index is 11.1. The third-order valence-corrected chi connectivity index (χ3v) is 2.28. The number of primary amides is 1. The van der Waals surface area contributed by atoms with Crippen molar-refractivity contribution in [1.29, 1.82) is 0 Å². The Kier molecular flexibility index (Phi) is 3.30. The summed E-state index contributed by atoms with van der Waals surface area (Å²) in [7, 11) is 0. The molecule has 14 heavy (non-hydrogen) atoms. The summed E-state index contributed by atoms with van der Waals surface area (Å²) in [6, 6.07) is 1.82. The van der Waals surface area contributed by atoms with E-state index in [9.17, 15) is 9.90 Å². The summed E-state index contributed by atoms with van der Waals surface area (Å²) in [5.41, 5.74) is 6.57. The molecule has 1 rings (SSSR count). The van der Waals surface area contributed by atoms with Crippen LogP contribution >= 0.6 is 0 Å². The van der Waals surface area contributed by atoms with Crippen LogP contribution in [-0.2, 0) is 6.54 Å². The molecule has 0 aliphatic heterocycles. The number of carbonyl (C=O) groups excluding carboxylic acids is 1.